The first kappa shape index (κ1) is 9.45. The van der Waals surface area contributed by atoms with Crippen LogP contribution >= 0.6 is 0 Å². The van der Waals surface area contributed by atoms with Gasteiger partial charge < -0.3 is 5.73 Å². The van der Waals surface area contributed by atoms with Gasteiger partial charge in [0.2, 0.25) is 0 Å². The van der Waals surface area contributed by atoms with Gasteiger partial charge in [0.1, 0.15) is 6.29 Å². The first-order valence-electron chi connectivity index (χ1n) is 4.03. The number of nitrogens with two attached hydrogens (primary N) is 1. The van der Waals surface area contributed by atoms with Gasteiger partial charge in [-0.1, -0.05) is 18.2 Å². The number of aliphatic imine (C=N–C) groups is 1. The van der Waals surface area contributed by atoms with Crippen LogP contribution in [0.2, 0.25) is 0 Å². The second kappa shape index (κ2) is 4.40. The lowest BCUT2D eigenvalue weighted by atomic mass is 10.1. The van der Waals surface area contributed by atoms with E-state index in [0.717, 1.165) is 11.8 Å². The summed E-state index contributed by atoms with van der Waals surface area (Å²) in [4.78, 5) is 14.5. The molecule has 0 fully saturated rings. The van der Waals surface area contributed by atoms with Gasteiger partial charge in [-0.2, -0.15) is 0 Å². The van der Waals surface area contributed by atoms with Crippen molar-refractivity contribution in [2.45, 2.75) is 13.5 Å². The van der Waals surface area contributed by atoms with Crippen molar-refractivity contribution in [2.24, 2.45) is 10.7 Å². The molecule has 68 valence electrons. The minimum atomic E-state index is 0.532. The van der Waals surface area contributed by atoms with Crippen LogP contribution in [-0.2, 0) is 6.54 Å². The summed E-state index contributed by atoms with van der Waals surface area (Å²) in [7, 11) is 0. The van der Waals surface area contributed by atoms with E-state index in [1.807, 2.05) is 12.1 Å². The monoisotopic (exact) mass is 176 g/mol. The smallest absolute Gasteiger partial charge is 0.150 e. The van der Waals surface area contributed by atoms with Crippen LogP contribution in [0.25, 0.3) is 0 Å². The van der Waals surface area contributed by atoms with Gasteiger partial charge in [-0.25, -0.2) is 0 Å². The maximum Gasteiger partial charge on any atom is 0.150 e. The molecule has 0 aromatic heterocycles. The Morgan fingerprint density at radius 2 is 2.38 bits per heavy atom. The normalized spacial score (nSPS) is 11.3. The predicted octanol–water partition coefficient (Wildman–Crippen LogP) is 1.38. The highest BCUT2D eigenvalue weighted by atomic mass is 16.1. The molecule has 0 atom stereocenters. The molecule has 0 saturated carbocycles. The molecule has 1 aromatic carbocycles. The molecule has 0 saturated heterocycles. The zero-order valence-corrected chi connectivity index (χ0v) is 7.53. The van der Waals surface area contributed by atoms with E-state index in [0.29, 0.717) is 17.9 Å². The Morgan fingerprint density at radius 1 is 1.62 bits per heavy atom. The second-order valence-electron chi connectivity index (χ2n) is 2.82. The standard InChI is InChI=1S/C10H12N2O/c1-8(11)12-6-9-3-2-4-10(5-9)7-13/h2-5,7H,6H2,1H3,(H2,11,12). The fraction of sp³-hybridized carbons (Fsp3) is 0.200. The zero-order chi connectivity index (χ0) is 9.68. The fourth-order valence-electron chi connectivity index (χ4n) is 0.981. The molecule has 3 nitrogen and oxygen atoms in total. The maximum atomic E-state index is 10.4. The number of carbonyl (C=O) groups is 1. The van der Waals surface area contributed by atoms with Crippen LogP contribution in [0.5, 0.6) is 0 Å². The maximum absolute atomic E-state index is 10.4. The molecule has 0 aliphatic heterocycles. The SMILES string of the molecule is CC(N)=NCc1cccc(C=O)c1. The van der Waals surface area contributed by atoms with E-state index in [-0.39, 0.29) is 0 Å². The molecule has 0 aliphatic rings. The van der Waals surface area contributed by atoms with Gasteiger partial charge in [-0.3, -0.25) is 9.79 Å². The number of benzene rings is 1. The van der Waals surface area contributed by atoms with Crippen LogP contribution in [0.1, 0.15) is 22.8 Å². The van der Waals surface area contributed by atoms with E-state index >= 15 is 0 Å². The topological polar surface area (TPSA) is 55.4 Å². The van der Waals surface area contributed by atoms with Gasteiger partial charge >= 0.3 is 0 Å². The Hall–Kier alpha value is -1.64. The van der Waals surface area contributed by atoms with E-state index in [4.69, 9.17) is 5.73 Å². The Bertz CT molecular complexity index is 327. The van der Waals surface area contributed by atoms with E-state index in [1.54, 1.807) is 19.1 Å². The van der Waals surface area contributed by atoms with Crippen molar-refractivity contribution < 1.29 is 4.79 Å². The van der Waals surface area contributed by atoms with Crippen molar-refractivity contribution in [3.05, 3.63) is 35.4 Å². The fourth-order valence-corrected chi connectivity index (χ4v) is 0.981. The van der Waals surface area contributed by atoms with Crippen molar-refractivity contribution >= 4 is 12.1 Å². The van der Waals surface area contributed by atoms with Gasteiger partial charge in [0.25, 0.3) is 0 Å². The largest absolute Gasteiger partial charge is 0.388 e. The van der Waals surface area contributed by atoms with Gasteiger partial charge in [-0.15, -0.1) is 0 Å². The second-order valence-corrected chi connectivity index (χ2v) is 2.82. The molecule has 13 heavy (non-hydrogen) atoms. The number of aldehydes is 1. The third-order valence-corrected chi connectivity index (χ3v) is 1.60. The Kier molecular flexibility index (Phi) is 3.20. The van der Waals surface area contributed by atoms with Gasteiger partial charge in [-0.05, 0) is 18.6 Å². The lowest BCUT2D eigenvalue weighted by molar-refractivity contribution is 0.112. The van der Waals surface area contributed by atoms with E-state index in [2.05, 4.69) is 4.99 Å². The Morgan fingerprint density at radius 3 is 3.00 bits per heavy atom. The Labute approximate surface area is 77.3 Å². The first-order chi connectivity index (χ1) is 6.22. The van der Waals surface area contributed by atoms with Gasteiger partial charge in [0.05, 0.1) is 12.4 Å². The molecule has 0 aliphatic carbocycles. The number of nitrogens with zero attached hydrogens (tertiary/aromatic N) is 1. The van der Waals surface area contributed by atoms with Crippen molar-refractivity contribution in [3.63, 3.8) is 0 Å². The van der Waals surface area contributed by atoms with E-state index in [1.165, 1.54) is 0 Å². The summed E-state index contributed by atoms with van der Waals surface area (Å²) in [6, 6.07) is 7.31. The molecular weight excluding hydrogens is 164 g/mol. The van der Waals surface area contributed by atoms with Crippen LogP contribution in [0.15, 0.2) is 29.3 Å². The van der Waals surface area contributed by atoms with Crippen molar-refractivity contribution in [3.8, 4) is 0 Å². The molecule has 3 heteroatoms. The summed E-state index contributed by atoms with van der Waals surface area (Å²) in [6.45, 7) is 2.27. The lowest BCUT2D eigenvalue weighted by Crippen LogP contribution is -2.05. The molecule has 0 heterocycles. The highest BCUT2D eigenvalue weighted by molar-refractivity contribution is 5.77. The highest BCUT2D eigenvalue weighted by Crippen LogP contribution is 2.04. The molecule has 0 radical (unpaired) electrons. The summed E-state index contributed by atoms with van der Waals surface area (Å²) in [5, 5.41) is 0. The highest BCUT2D eigenvalue weighted by Gasteiger charge is 1.93. The molecule has 1 aromatic rings. The quantitative estimate of drug-likeness (QED) is 0.429. The number of hydrogen-bond donors (Lipinski definition) is 1. The van der Waals surface area contributed by atoms with Crippen molar-refractivity contribution in [1.29, 1.82) is 0 Å². The summed E-state index contributed by atoms with van der Waals surface area (Å²) in [5.74, 6) is 0.552. The zero-order valence-electron chi connectivity index (χ0n) is 7.53. The van der Waals surface area contributed by atoms with Gasteiger partial charge in [0.15, 0.2) is 0 Å². The summed E-state index contributed by atoms with van der Waals surface area (Å²) in [6.07, 6.45) is 0.822. The van der Waals surface area contributed by atoms with Crippen LogP contribution in [0, 0.1) is 0 Å². The average molecular weight is 176 g/mol. The van der Waals surface area contributed by atoms with E-state index in [9.17, 15) is 4.79 Å². The third kappa shape index (κ3) is 3.07. The molecular formula is C10H12N2O. The molecule has 2 N–H and O–H groups in total. The van der Waals surface area contributed by atoms with Crippen LogP contribution in [0.4, 0.5) is 0 Å². The van der Waals surface area contributed by atoms with Crippen LogP contribution in [-0.4, -0.2) is 12.1 Å². The van der Waals surface area contributed by atoms with Crippen LogP contribution in [0.3, 0.4) is 0 Å². The lowest BCUT2D eigenvalue weighted by Gasteiger charge is -1.97. The van der Waals surface area contributed by atoms with Crippen molar-refractivity contribution in [2.75, 3.05) is 0 Å². The van der Waals surface area contributed by atoms with E-state index < -0.39 is 0 Å². The number of rotatable bonds is 3. The molecule has 1 rings (SSSR count). The summed E-state index contributed by atoms with van der Waals surface area (Å²) < 4.78 is 0. The predicted molar refractivity (Wildman–Crippen MR) is 52.8 cm³/mol. The summed E-state index contributed by atoms with van der Waals surface area (Å²) >= 11 is 0. The number of amidine groups is 1. The molecule has 0 amide bonds. The molecule has 0 unspecified atom stereocenters. The molecule has 0 spiro atoms. The third-order valence-electron chi connectivity index (χ3n) is 1.60. The first-order valence-corrected chi connectivity index (χ1v) is 4.03. The number of hydrogen-bond acceptors (Lipinski definition) is 2. The number of carbonyl (C=O) groups excluding carboxylic acids is 1. The van der Waals surface area contributed by atoms with Gasteiger partial charge in [0, 0.05) is 5.56 Å². The minimum absolute atomic E-state index is 0.532. The minimum Gasteiger partial charge on any atom is -0.388 e. The summed E-state index contributed by atoms with van der Waals surface area (Å²) in [5.41, 5.74) is 7.05. The van der Waals surface area contributed by atoms with Crippen LogP contribution < -0.4 is 5.73 Å². The average Bonchev–Trinajstić information content (AvgIpc) is 2.15. The Balaban J connectivity index is 2.77. The van der Waals surface area contributed by atoms with Crippen molar-refractivity contribution in [1.82, 2.24) is 0 Å². The molecule has 0 bridgehead atoms.